The van der Waals surface area contributed by atoms with Crippen LogP contribution in [0.25, 0.3) is 0 Å². The van der Waals surface area contributed by atoms with Crippen molar-refractivity contribution in [2.24, 2.45) is 0 Å². The highest BCUT2D eigenvalue weighted by Gasteiger charge is 2.48. The van der Waals surface area contributed by atoms with Gasteiger partial charge >= 0.3 is 0 Å². The fourth-order valence-electron chi connectivity index (χ4n) is 2.73. The number of hydrogen-bond acceptors (Lipinski definition) is 6. The van der Waals surface area contributed by atoms with Crippen molar-refractivity contribution in [1.29, 1.82) is 0 Å². The summed E-state index contributed by atoms with van der Waals surface area (Å²) in [5.41, 5.74) is 1.09. The molecule has 0 bridgehead atoms. The molecule has 1 unspecified atom stereocenters. The number of hydrogen-bond donors (Lipinski definition) is 2. The Labute approximate surface area is 123 Å². The van der Waals surface area contributed by atoms with E-state index in [0.29, 0.717) is 13.0 Å². The van der Waals surface area contributed by atoms with Gasteiger partial charge in [0.1, 0.15) is 24.4 Å². The van der Waals surface area contributed by atoms with Gasteiger partial charge in [-0.05, 0) is 5.56 Å². The van der Waals surface area contributed by atoms with Gasteiger partial charge in [-0.25, -0.2) is 0 Å². The van der Waals surface area contributed by atoms with Gasteiger partial charge in [-0.2, -0.15) is 0 Å². The Bertz CT molecular complexity index is 451. The second-order valence-corrected chi connectivity index (χ2v) is 5.31. The average molecular weight is 296 g/mol. The molecule has 3 rings (SSSR count). The molecule has 2 heterocycles. The molecule has 116 valence electrons. The number of fused-ring (bicyclic) bond motifs is 1. The van der Waals surface area contributed by atoms with Crippen molar-refractivity contribution in [1.82, 2.24) is 0 Å². The van der Waals surface area contributed by atoms with Crippen LogP contribution in [0.15, 0.2) is 30.3 Å². The third kappa shape index (κ3) is 3.11. The topological polar surface area (TPSA) is 77.4 Å². The summed E-state index contributed by atoms with van der Waals surface area (Å²) >= 11 is 0. The summed E-state index contributed by atoms with van der Waals surface area (Å²) in [7, 11) is 1.42. The lowest BCUT2D eigenvalue weighted by molar-refractivity contribution is -0.355. The van der Waals surface area contributed by atoms with Gasteiger partial charge in [0, 0.05) is 13.5 Å². The predicted octanol–water partition coefficient (Wildman–Crippen LogP) is 0.0637. The number of aliphatic hydroxyl groups is 2. The molecule has 2 aliphatic rings. The molecule has 2 N–H and O–H groups in total. The Kier molecular flexibility index (Phi) is 4.54. The monoisotopic (exact) mass is 296 g/mol. The van der Waals surface area contributed by atoms with Crippen LogP contribution in [0.5, 0.6) is 0 Å². The zero-order valence-electron chi connectivity index (χ0n) is 11.8. The lowest BCUT2D eigenvalue weighted by atomic mass is 9.98. The van der Waals surface area contributed by atoms with Crippen LogP contribution in [0.4, 0.5) is 0 Å². The van der Waals surface area contributed by atoms with E-state index < -0.39 is 37.0 Å². The summed E-state index contributed by atoms with van der Waals surface area (Å²) in [5.74, 6) is 0. The van der Waals surface area contributed by atoms with Crippen molar-refractivity contribution in [3.05, 3.63) is 35.9 Å². The molecule has 21 heavy (non-hydrogen) atoms. The molecule has 6 heteroatoms. The third-order valence-corrected chi connectivity index (χ3v) is 3.87. The van der Waals surface area contributed by atoms with E-state index in [4.69, 9.17) is 18.9 Å². The van der Waals surface area contributed by atoms with Gasteiger partial charge in [-0.3, -0.25) is 0 Å². The van der Waals surface area contributed by atoms with E-state index in [2.05, 4.69) is 0 Å². The molecule has 2 fully saturated rings. The summed E-state index contributed by atoms with van der Waals surface area (Å²) in [4.78, 5) is 0. The summed E-state index contributed by atoms with van der Waals surface area (Å²) in [5, 5.41) is 20.1. The van der Waals surface area contributed by atoms with Crippen molar-refractivity contribution in [3.63, 3.8) is 0 Å². The van der Waals surface area contributed by atoms with Crippen LogP contribution in [-0.2, 0) is 25.4 Å². The van der Waals surface area contributed by atoms with Crippen LogP contribution < -0.4 is 0 Å². The molecule has 6 nitrogen and oxygen atoms in total. The molecule has 0 aromatic heterocycles. The Morgan fingerprint density at radius 3 is 2.62 bits per heavy atom. The van der Waals surface area contributed by atoms with Gasteiger partial charge in [0.15, 0.2) is 12.6 Å². The molecule has 2 aliphatic heterocycles. The molecule has 0 amide bonds. The second kappa shape index (κ2) is 6.39. The Balaban J connectivity index is 1.64. The quantitative estimate of drug-likeness (QED) is 0.821. The van der Waals surface area contributed by atoms with Crippen LogP contribution in [-0.4, -0.2) is 60.9 Å². The van der Waals surface area contributed by atoms with Gasteiger partial charge in [0.05, 0.1) is 6.61 Å². The Hall–Kier alpha value is -1.02. The summed E-state index contributed by atoms with van der Waals surface area (Å²) in [6.07, 6.45) is -3.99. The predicted molar refractivity (Wildman–Crippen MR) is 72.4 cm³/mol. The van der Waals surface area contributed by atoms with E-state index in [1.807, 2.05) is 30.3 Å². The molecule has 6 atom stereocenters. The first-order valence-electron chi connectivity index (χ1n) is 7.04. The highest BCUT2D eigenvalue weighted by atomic mass is 16.7. The van der Waals surface area contributed by atoms with E-state index in [1.165, 1.54) is 7.11 Å². The molecule has 0 spiro atoms. The number of methoxy groups -OCH3 is 1. The maximum atomic E-state index is 10.2. The van der Waals surface area contributed by atoms with E-state index in [-0.39, 0.29) is 0 Å². The van der Waals surface area contributed by atoms with E-state index in [1.54, 1.807) is 0 Å². The van der Waals surface area contributed by atoms with Gasteiger partial charge in [-0.1, -0.05) is 30.3 Å². The Morgan fingerprint density at radius 1 is 1.14 bits per heavy atom. The largest absolute Gasteiger partial charge is 0.387 e. The number of rotatable bonds is 3. The summed E-state index contributed by atoms with van der Waals surface area (Å²) < 4.78 is 21.9. The van der Waals surface area contributed by atoms with E-state index in [9.17, 15) is 10.2 Å². The standard InChI is InChI=1S/C15H20O6/c1-18-15-13(17)12(16)14-10(20-15)8-19-11(21-14)7-9-5-3-2-4-6-9/h2-6,10-17H,7-8H2,1H3/t10-,11?,12-,13-,14-,15+/m1/s1. The highest BCUT2D eigenvalue weighted by molar-refractivity contribution is 5.15. The first-order valence-corrected chi connectivity index (χ1v) is 7.04. The van der Waals surface area contributed by atoms with Crippen molar-refractivity contribution in [2.75, 3.05) is 13.7 Å². The number of aliphatic hydroxyl groups excluding tert-OH is 2. The SMILES string of the molecule is CO[C@H]1O[C@@H]2COC(Cc3ccccc3)O[C@H]2[C@H](O)[C@H]1O. The lowest BCUT2D eigenvalue weighted by Gasteiger charge is -2.45. The average Bonchev–Trinajstić information content (AvgIpc) is 2.52. The molecule has 0 aliphatic carbocycles. The number of benzene rings is 1. The molecule has 2 saturated heterocycles. The van der Waals surface area contributed by atoms with Gasteiger partial charge in [-0.15, -0.1) is 0 Å². The molecule has 1 aromatic carbocycles. The first kappa shape index (κ1) is 14.9. The Morgan fingerprint density at radius 2 is 1.90 bits per heavy atom. The van der Waals surface area contributed by atoms with Gasteiger partial charge in [0.25, 0.3) is 0 Å². The van der Waals surface area contributed by atoms with Crippen molar-refractivity contribution in [3.8, 4) is 0 Å². The van der Waals surface area contributed by atoms with E-state index >= 15 is 0 Å². The van der Waals surface area contributed by atoms with Crippen molar-refractivity contribution < 1.29 is 29.2 Å². The minimum Gasteiger partial charge on any atom is -0.387 e. The minimum absolute atomic E-state index is 0.297. The maximum absolute atomic E-state index is 10.2. The smallest absolute Gasteiger partial charge is 0.186 e. The maximum Gasteiger partial charge on any atom is 0.186 e. The van der Waals surface area contributed by atoms with Gasteiger partial charge < -0.3 is 29.2 Å². The van der Waals surface area contributed by atoms with Gasteiger partial charge in [0.2, 0.25) is 0 Å². The first-order chi connectivity index (χ1) is 10.2. The molecule has 1 aromatic rings. The minimum atomic E-state index is -1.13. The summed E-state index contributed by atoms with van der Waals surface area (Å²) in [6, 6.07) is 9.83. The van der Waals surface area contributed by atoms with Crippen LogP contribution in [0.1, 0.15) is 5.56 Å². The zero-order chi connectivity index (χ0) is 14.8. The number of ether oxygens (including phenoxy) is 4. The molecule has 0 saturated carbocycles. The van der Waals surface area contributed by atoms with Crippen LogP contribution >= 0.6 is 0 Å². The fraction of sp³-hybridized carbons (Fsp3) is 0.600. The summed E-state index contributed by atoms with van der Waals surface area (Å²) in [6.45, 7) is 0.297. The third-order valence-electron chi connectivity index (χ3n) is 3.87. The van der Waals surface area contributed by atoms with Crippen molar-refractivity contribution >= 4 is 0 Å². The van der Waals surface area contributed by atoms with Crippen LogP contribution in [0.2, 0.25) is 0 Å². The lowest BCUT2D eigenvalue weighted by Crippen LogP contribution is -2.63. The van der Waals surface area contributed by atoms with Crippen LogP contribution in [0.3, 0.4) is 0 Å². The molecular formula is C15H20O6. The van der Waals surface area contributed by atoms with Crippen LogP contribution in [0, 0.1) is 0 Å². The molecular weight excluding hydrogens is 276 g/mol. The van der Waals surface area contributed by atoms with E-state index in [0.717, 1.165) is 5.56 Å². The molecule has 0 radical (unpaired) electrons. The normalized spacial score (nSPS) is 39.8. The second-order valence-electron chi connectivity index (χ2n) is 5.31. The highest BCUT2D eigenvalue weighted by Crippen LogP contribution is 2.29. The fourth-order valence-corrected chi connectivity index (χ4v) is 2.73. The van der Waals surface area contributed by atoms with Crippen molar-refractivity contribution in [2.45, 2.75) is 43.4 Å². The zero-order valence-corrected chi connectivity index (χ0v) is 11.8.